The van der Waals surface area contributed by atoms with Gasteiger partial charge in [-0.05, 0) is 18.8 Å². The van der Waals surface area contributed by atoms with Crippen molar-refractivity contribution >= 4 is 5.91 Å². The molecule has 19 heavy (non-hydrogen) atoms. The third-order valence-corrected chi connectivity index (χ3v) is 3.51. The largest absolute Gasteiger partial charge is 0.411 e. The van der Waals surface area contributed by atoms with Crippen LogP contribution in [0.15, 0.2) is 0 Å². The van der Waals surface area contributed by atoms with Gasteiger partial charge in [-0.2, -0.15) is 13.2 Å². The summed E-state index contributed by atoms with van der Waals surface area (Å²) in [6.45, 7) is 0.605. The summed E-state index contributed by atoms with van der Waals surface area (Å²) in [5.74, 6) is -0.186. The lowest BCUT2D eigenvalue weighted by molar-refractivity contribution is -0.173. The van der Waals surface area contributed by atoms with E-state index < -0.39 is 12.8 Å². The van der Waals surface area contributed by atoms with E-state index in [4.69, 9.17) is 5.73 Å². The van der Waals surface area contributed by atoms with Gasteiger partial charge in [0.1, 0.15) is 6.61 Å². The normalized spacial score (nSPS) is 28.2. The van der Waals surface area contributed by atoms with Crippen molar-refractivity contribution in [3.63, 3.8) is 0 Å². The van der Waals surface area contributed by atoms with Crippen LogP contribution in [0.1, 0.15) is 26.2 Å². The molecule has 1 aliphatic rings. The number of ether oxygens (including phenoxy) is 1. The molecule has 1 saturated carbocycles. The van der Waals surface area contributed by atoms with Crippen LogP contribution in [-0.4, -0.2) is 37.9 Å². The Hall–Kier alpha value is -0.820. The average molecular weight is 282 g/mol. The Morgan fingerprint density at radius 2 is 2.11 bits per heavy atom. The van der Waals surface area contributed by atoms with Gasteiger partial charge in [-0.15, -0.1) is 0 Å². The highest BCUT2D eigenvalue weighted by Crippen LogP contribution is 2.28. The number of nitrogens with one attached hydrogen (secondary N) is 1. The summed E-state index contributed by atoms with van der Waals surface area (Å²) in [5.41, 5.74) is 5.90. The number of hydrogen-bond acceptors (Lipinski definition) is 3. The molecule has 7 heteroatoms. The fraction of sp³-hybridized carbons (Fsp3) is 0.917. The molecule has 1 fully saturated rings. The summed E-state index contributed by atoms with van der Waals surface area (Å²) in [6.07, 6.45) is -1.72. The zero-order valence-electron chi connectivity index (χ0n) is 11.0. The van der Waals surface area contributed by atoms with Gasteiger partial charge in [0.05, 0.1) is 6.61 Å². The first kappa shape index (κ1) is 16.2. The summed E-state index contributed by atoms with van der Waals surface area (Å²) in [4.78, 5) is 11.9. The molecule has 0 aromatic heterocycles. The minimum absolute atomic E-state index is 0.0194. The molecule has 1 rings (SSSR count). The SMILES string of the molecule is CC1C(N)CCCC1C(=O)NCCOCC(F)(F)F. The minimum Gasteiger partial charge on any atom is -0.370 e. The molecule has 0 aromatic carbocycles. The van der Waals surface area contributed by atoms with Gasteiger partial charge >= 0.3 is 6.18 Å². The molecule has 1 amide bonds. The van der Waals surface area contributed by atoms with Crippen LogP contribution < -0.4 is 11.1 Å². The second-order valence-electron chi connectivity index (χ2n) is 5.02. The fourth-order valence-electron chi connectivity index (χ4n) is 2.33. The predicted molar refractivity (Wildman–Crippen MR) is 64.4 cm³/mol. The van der Waals surface area contributed by atoms with Crippen LogP contribution in [-0.2, 0) is 9.53 Å². The standard InChI is InChI=1S/C12H21F3N2O2/c1-8-9(3-2-4-10(8)16)11(18)17-5-6-19-7-12(13,14)15/h8-10H,2-7,16H2,1H3,(H,17,18). The van der Waals surface area contributed by atoms with E-state index >= 15 is 0 Å². The number of carbonyl (C=O) groups excluding carboxylic acids is 1. The molecule has 3 N–H and O–H groups in total. The monoisotopic (exact) mass is 282 g/mol. The predicted octanol–water partition coefficient (Wildman–Crippen LogP) is 1.45. The molecule has 0 radical (unpaired) electrons. The maximum Gasteiger partial charge on any atom is 0.411 e. The average Bonchev–Trinajstić information content (AvgIpc) is 2.30. The van der Waals surface area contributed by atoms with E-state index in [0.717, 1.165) is 19.3 Å². The number of halogens is 3. The highest BCUT2D eigenvalue weighted by Gasteiger charge is 2.32. The number of nitrogens with two attached hydrogens (primary N) is 1. The topological polar surface area (TPSA) is 64.4 Å². The Morgan fingerprint density at radius 3 is 2.74 bits per heavy atom. The summed E-state index contributed by atoms with van der Waals surface area (Å²) in [5, 5.41) is 2.60. The maximum atomic E-state index is 11.9. The molecule has 3 unspecified atom stereocenters. The van der Waals surface area contributed by atoms with Gasteiger partial charge in [-0.1, -0.05) is 13.3 Å². The molecule has 0 aromatic rings. The van der Waals surface area contributed by atoms with Gasteiger partial charge in [0, 0.05) is 18.5 Å². The molecule has 0 spiro atoms. The Labute approximate surface area is 110 Å². The number of amides is 1. The molecule has 4 nitrogen and oxygen atoms in total. The van der Waals surface area contributed by atoms with E-state index in [1.807, 2.05) is 6.92 Å². The lowest BCUT2D eigenvalue weighted by Crippen LogP contribution is -2.44. The first-order valence-electron chi connectivity index (χ1n) is 6.49. The Morgan fingerprint density at radius 1 is 1.42 bits per heavy atom. The number of carbonyl (C=O) groups is 1. The van der Waals surface area contributed by atoms with Crippen LogP contribution in [0, 0.1) is 11.8 Å². The van der Waals surface area contributed by atoms with Crippen molar-refractivity contribution < 1.29 is 22.7 Å². The summed E-state index contributed by atoms with van der Waals surface area (Å²) in [6, 6.07) is 0.0194. The number of alkyl halides is 3. The summed E-state index contributed by atoms with van der Waals surface area (Å²) >= 11 is 0. The van der Waals surface area contributed by atoms with Gasteiger partial charge in [-0.25, -0.2) is 0 Å². The van der Waals surface area contributed by atoms with Crippen molar-refractivity contribution in [2.45, 2.75) is 38.4 Å². The molecule has 0 heterocycles. The fourth-order valence-corrected chi connectivity index (χ4v) is 2.33. The number of rotatable bonds is 5. The number of hydrogen-bond donors (Lipinski definition) is 2. The second-order valence-corrected chi connectivity index (χ2v) is 5.02. The van der Waals surface area contributed by atoms with Crippen molar-refractivity contribution in [3.05, 3.63) is 0 Å². The lowest BCUT2D eigenvalue weighted by Gasteiger charge is -2.32. The van der Waals surface area contributed by atoms with Crippen LogP contribution in [0.3, 0.4) is 0 Å². The first-order valence-corrected chi connectivity index (χ1v) is 6.49. The van der Waals surface area contributed by atoms with Gasteiger partial charge in [0.15, 0.2) is 0 Å². The van der Waals surface area contributed by atoms with Crippen LogP contribution in [0.4, 0.5) is 13.2 Å². The summed E-state index contributed by atoms with van der Waals surface area (Å²) in [7, 11) is 0. The van der Waals surface area contributed by atoms with Crippen molar-refractivity contribution in [2.75, 3.05) is 19.8 Å². The third-order valence-electron chi connectivity index (χ3n) is 3.51. The molecule has 112 valence electrons. The highest BCUT2D eigenvalue weighted by molar-refractivity contribution is 5.79. The van der Waals surface area contributed by atoms with Gasteiger partial charge in [-0.3, -0.25) is 4.79 Å². The zero-order chi connectivity index (χ0) is 14.5. The van der Waals surface area contributed by atoms with E-state index in [1.165, 1.54) is 0 Å². The lowest BCUT2D eigenvalue weighted by atomic mass is 9.77. The minimum atomic E-state index is -4.32. The highest BCUT2D eigenvalue weighted by atomic mass is 19.4. The Bertz CT molecular complexity index is 297. The van der Waals surface area contributed by atoms with Gasteiger partial charge in [0.25, 0.3) is 0 Å². The Kier molecular flexibility index (Phi) is 6.06. The van der Waals surface area contributed by atoms with E-state index in [0.29, 0.717) is 0 Å². The molecular weight excluding hydrogens is 261 g/mol. The third kappa shape index (κ3) is 5.78. The van der Waals surface area contributed by atoms with E-state index in [1.54, 1.807) is 0 Å². The van der Waals surface area contributed by atoms with Gasteiger partial charge < -0.3 is 15.8 Å². The van der Waals surface area contributed by atoms with Crippen molar-refractivity contribution in [1.82, 2.24) is 5.32 Å². The quantitative estimate of drug-likeness (QED) is 0.750. The molecule has 0 aliphatic heterocycles. The molecule has 1 aliphatic carbocycles. The molecule has 0 saturated heterocycles. The van der Waals surface area contributed by atoms with Crippen molar-refractivity contribution in [1.29, 1.82) is 0 Å². The van der Waals surface area contributed by atoms with Crippen molar-refractivity contribution in [3.8, 4) is 0 Å². The zero-order valence-corrected chi connectivity index (χ0v) is 11.0. The molecular formula is C12H21F3N2O2. The van der Waals surface area contributed by atoms with E-state index in [2.05, 4.69) is 10.1 Å². The molecule has 3 atom stereocenters. The van der Waals surface area contributed by atoms with Gasteiger partial charge in [0.2, 0.25) is 5.91 Å². The molecule has 0 bridgehead atoms. The second kappa shape index (κ2) is 7.09. The smallest absolute Gasteiger partial charge is 0.370 e. The van der Waals surface area contributed by atoms with Crippen molar-refractivity contribution in [2.24, 2.45) is 17.6 Å². The Balaban J connectivity index is 2.20. The van der Waals surface area contributed by atoms with Crippen LogP contribution >= 0.6 is 0 Å². The van der Waals surface area contributed by atoms with E-state index in [9.17, 15) is 18.0 Å². The van der Waals surface area contributed by atoms with Crippen LogP contribution in [0.2, 0.25) is 0 Å². The van der Waals surface area contributed by atoms with E-state index in [-0.39, 0.29) is 36.9 Å². The first-order chi connectivity index (χ1) is 8.81. The van der Waals surface area contributed by atoms with Crippen LogP contribution in [0.25, 0.3) is 0 Å². The van der Waals surface area contributed by atoms with Crippen LogP contribution in [0.5, 0.6) is 0 Å². The summed E-state index contributed by atoms with van der Waals surface area (Å²) < 4.78 is 39.8. The maximum absolute atomic E-state index is 11.9.